The first-order chi connectivity index (χ1) is 8.10. The SMILES string of the molecule is NCCNC(=O)C1(c2cc(Cl)ccc2F)CC1. The smallest absolute Gasteiger partial charge is 0.230 e. The van der Waals surface area contributed by atoms with E-state index < -0.39 is 5.41 Å². The summed E-state index contributed by atoms with van der Waals surface area (Å²) >= 11 is 5.84. The average Bonchev–Trinajstić information content (AvgIpc) is 3.10. The summed E-state index contributed by atoms with van der Waals surface area (Å²) < 4.78 is 13.7. The van der Waals surface area contributed by atoms with Gasteiger partial charge in [0.25, 0.3) is 0 Å². The maximum Gasteiger partial charge on any atom is 0.230 e. The maximum atomic E-state index is 13.7. The fourth-order valence-corrected chi connectivity index (χ4v) is 2.13. The number of rotatable bonds is 4. The molecule has 1 aliphatic rings. The normalized spacial score (nSPS) is 16.6. The molecule has 17 heavy (non-hydrogen) atoms. The van der Waals surface area contributed by atoms with E-state index in [1.54, 1.807) is 0 Å². The fraction of sp³-hybridized carbons (Fsp3) is 0.417. The minimum atomic E-state index is -0.732. The summed E-state index contributed by atoms with van der Waals surface area (Å²) in [6.07, 6.45) is 1.31. The lowest BCUT2D eigenvalue weighted by molar-refractivity contribution is -0.123. The van der Waals surface area contributed by atoms with Gasteiger partial charge < -0.3 is 11.1 Å². The molecule has 1 aromatic rings. The van der Waals surface area contributed by atoms with E-state index in [9.17, 15) is 9.18 Å². The highest BCUT2D eigenvalue weighted by Gasteiger charge is 2.52. The molecule has 0 heterocycles. The zero-order valence-corrected chi connectivity index (χ0v) is 10.1. The van der Waals surface area contributed by atoms with E-state index in [4.69, 9.17) is 17.3 Å². The fourth-order valence-electron chi connectivity index (χ4n) is 1.96. The van der Waals surface area contributed by atoms with Crippen LogP contribution in [0.3, 0.4) is 0 Å². The van der Waals surface area contributed by atoms with Gasteiger partial charge in [-0.15, -0.1) is 0 Å². The van der Waals surface area contributed by atoms with Gasteiger partial charge in [-0.1, -0.05) is 11.6 Å². The molecular weight excluding hydrogens is 243 g/mol. The Bertz CT molecular complexity index is 446. The molecule has 92 valence electrons. The summed E-state index contributed by atoms with van der Waals surface area (Å²) in [7, 11) is 0. The monoisotopic (exact) mass is 256 g/mol. The first-order valence-electron chi connectivity index (χ1n) is 5.54. The lowest BCUT2D eigenvalue weighted by Gasteiger charge is -2.16. The Morgan fingerprint density at radius 1 is 1.53 bits per heavy atom. The molecule has 0 radical (unpaired) electrons. The van der Waals surface area contributed by atoms with Crippen LogP contribution < -0.4 is 11.1 Å². The maximum absolute atomic E-state index is 13.7. The summed E-state index contributed by atoms with van der Waals surface area (Å²) in [5.74, 6) is -0.543. The van der Waals surface area contributed by atoms with Crippen molar-refractivity contribution in [1.29, 1.82) is 0 Å². The molecule has 0 unspecified atom stereocenters. The standard InChI is InChI=1S/C12H14ClFN2O/c13-8-1-2-10(14)9(7-8)12(3-4-12)11(17)16-6-5-15/h1-2,7H,3-6,15H2,(H,16,17). The number of nitrogens with two attached hydrogens (primary N) is 1. The predicted molar refractivity (Wildman–Crippen MR) is 64.4 cm³/mol. The molecule has 0 bridgehead atoms. The molecule has 2 rings (SSSR count). The minimum absolute atomic E-state index is 0.163. The number of amides is 1. The Balaban J connectivity index is 2.26. The van der Waals surface area contributed by atoms with E-state index in [1.165, 1.54) is 18.2 Å². The molecule has 1 aliphatic carbocycles. The molecule has 5 heteroatoms. The van der Waals surface area contributed by atoms with E-state index in [-0.39, 0.29) is 11.7 Å². The summed E-state index contributed by atoms with van der Waals surface area (Å²) in [6.45, 7) is 0.780. The lowest BCUT2D eigenvalue weighted by Crippen LogP contribution is -2.38. The first kappa shape index (κ1) is 12.3. The van der Waals surface area contributed by atoms with Crippen LogP contribution in [0.2, 0.25) is 5.02 Å². The van der Waals surface area contributed by atoms with Crippen LogP contribution in [0, 0.1) is 5.82 Å². The van der Waals surface area contributed by atoms with Crippen molar-refractivity contribution < 1.29 is 9.18 Å². The van der Waals surface area contributed by atoms with Gasteiger partial charge >= 0.3 is 0 Å². The molecule has 1 saturated carbocycles. The Hall–Kier alpha value is -1.13. The number of halogens is 2. The number of benzene rings is 1. The Kier molecular flexibility index (Phi) is 3.35. The van der Waals surface area contributed by atoms with Crippen molar-refractivity contribution in [2.45, 2.75) is 18.3 Å². The van der Waals surface area contributed by atoms with E-state index in [0.717, 1.165) is 0 Å². The molecule has 0 aliphatic heterocycles. The van der Waals surface area contributed by atoms with Crippen LogP contribution >= 0.6 is 11.6 Å². The van der Waals surface area contributed by atoms with Crippen molar-refractivity contribution in [3.63, 3.8) is 0 Å². The van der Waals surface area contributed by atoms with Crippen LogP contribution in [0.5, 0.6) is 0 Å². The summed E-state index contributed by atoms with van der Waals surface area (Å²) in [5, 5.41) is 3.15. The van der Waals surface area contributed by atoms with Crippen LogP contribution in [-0.4, -0.2) is 19.0 Å². The second-order valence-corrected chi connectivity index (χ2v) is 4.69. The van der Waals surface area contributed by atoms with Gasteiger partial charge in [0.05, 0.1) is 5.41 Å². The minimum Gasteiger partial charge on any atom is -0.354 e. The van der Waals surface area contributed by atoms with Gasteiger partial charge in [-0.3, -0.25) is 4.79 Å². The third kappa shape index (κ3) is 2.28. The molecule has 1 fully saturated rings. The van der Waals surface area contributed by atoms with Crippen molar-refractivity contribution in [2.75, 3.05) is 13.1 Å². The molecular formula is C12H14ClFN2O. The van der Waals surface area contributed by atoms with Crippen molar-refractivity contribution >= 4 is 17.5 Å². The van der Waals surface area contributed by atoms with E-state index in [2.05, 4.69) is 5.32 Å². The van der Waals surface area contributed by atoms with Crippen molar-refractivity contribution in [3.8, 4) is 0 Å². The zero-order chi connectivity index (χ0) is 12.5. The van der Waals surface area contributed by atoms with Crippen molar-refractivity contribution in [2.24, 2.45) is 5.73 Å². The number of carbonyl (C=O) groups is 1. The van der Waals surface area contributed by atoms with Gasteiger partial charge in [0.1, 0.15) is 5.82 Å². The largest absolute Gasteiger partial charge is 0.354 e. The molecule has 1 aromatic carbocycles. The van der Waals surface area contributed by atoms with E-state index >= 15 is 0 Å². The molecule has 1 amide bonds. The van der Waals surface area contributed by atoms with E-state index in [1.807, 2.05) is 0 Å². The highest BCUT2D eigenvalue weighted by molar-refractivity contribution is 6.30. The molecule has 0 atom stereocenters. The Labute approximate surface area is 104 Å². The van der Waals surface area contributed by atoms with E-state index in [0.29, 0.717) is 36.5 Å². The van der Waals surface area contributed by atoms with Crippen LogP contribution in [0.15, 0.2) is 18.2 Å². The van der Waals surface area contributed by atoms with Gasteiger partial charge in [-0.25, -0.2) is 4.39 Å². The number of hydrogen-bond acceptors (Lipinski definition) is 2. The second-order valence-electron chi connectivity index (χ2n) is 4.25. The number of nitrogens with one attached hydrogen (secondary N) is 1. The van der Waals surface area contributed by atoms with Gasteiger partial charge in [0, 0.05) is 23.7 Å². The molecule has 0 spiro atoms. The third-order valence-electron chi connectivity index (χ3n) is 3.06. The first-order valence-corrected chi connectivity index (χ1v) is 5.92. The van der Waals surface area contributed by atoms with Gasteiger partial charge in [0.15, 0.2) is 0 Å². The summed E-state index contributed by atoms with van der Waals surface area (Å²) in [4.78, 5) is 12.0. The number of carbonyl (C=O) groups excluding carboxylic acids is 1. The van der Waals surface area contributed by atoms with Crippen molar-refractivity contribution in [1.82, 2.24) is 5.32 Å². The Morgan fingerprint density at radius 2 is 2.24 bits per heavy atom. The predicted octanol–water partition coefficient (Wildman–Crippen LogP) is 1.59. The second kappa shape index (κ2) is 4.63. The van der Waals surface area contributed by atoms with Crippen LogP contribution in [0.1, 0.15) is 18.4 Å². The molecule has 0 saturated heterocycles. The quantitative estimate of drug-likeness (QED) is 0.860. The van der Waals surface area contributed by atoms with Crippen molar-refractivity contribution in [3.05, 3.63) is 34.6 Å². The number of hydrogen-bond donors (Lipinski definition) is 2. The summed E-state index contributed by atoms with van der Waals surface area (Å²) in [6, 6.07) is 4.31. The lowest BCUT2D eigenvalue weighted by atomic mass is 9.94. The van der Waals surface area contributed by atoms with Crippen LogP contribution in [0.25, 0.3) is 0 Å². The summed E-state index contributed by atoms with van der Waals surface area (Å²) in [5.41, 5.74) is 4.98. The van der Waals surface area contributed by atoms with Gasteiger partial charge in [-0.2, -0.15) is 0 Å². The van der Waals surface area contributed by atoms with Gasteiger partial charge in [0.2, 0.25) is 5.91 Å². The highest BCUT2D eigenvalue weighted by Crippen LogP contribution is 2.49. The highest BCUT2D eigenvalue weighted by atomic mass is 35.5. The van der Waals surface area contributed by atoms with Crippen LogP contribution in [-0.2, 0) is 10.2 Å². The van der Waals surface area contributed by atoms with Crippen LogP contribution in [0.4, 0.5) is 4.39 Å². The molecule has 0 aromatic heterocycles. The van der Waals surface area contributed by atoms with Gasteiger partial charge in [-0.05, 0) is 31.0 Å². The average molecular weight is 257 g/mol. The molecule has 3 nitrogen and oxygen atoms in total. The zero-order valence-electron chi connectivity index (χ0n) is 9.30. The Morgan fingerprint density at radius 3 is 2.82 bits per heavy atom. The topological polar surface area (TPSA) is 55.1 Å². The third-order valence-corrected chi connectivity index (χ3v) is 3.29. The molecule has 3 N–H and O–H groups in total.